The smallest absolute Gasteiger partial charge is 0.223 e. The highest BCUT2D eigenvalue weighted by Gasteiger charge is 2.29. The summed E-state index contributed by atoms with van der Waals surface area (Å²) in [5.41, 5.74) is 0. The number of amides is 1. The van der Waals surface area contributed by atoms with Gasteiger partial charge in [0.15, 0.2) is 0 Å². The average molecular weight is 171 g/mol. The fourth-order valence-corrected chi connectivity index (χ4v) is 1.14. The molecule has 3 nitrogen and oxygen atoms in total. The summed E-state index contributed by atoms with van der Waals surface area (Å²) in [6, 6.07) is 0. The second-order valence-electron chi connectivity index (χ2n) is 2.79. The molecule has 0 aromatic heterocycles. The summed E-state index contributed by atoms with van der Waals surface area (Å²) in [6.07, 6.45) is 0.409. The van der Waals surface area contributed by atoms with Crippen LogP contribution in [0.25, 0.3) is 0 Å². The molecule has 0 saturated carbocycles. The van der Waals surface area contributed by atoms with Gasteiger partial charge in [0.25, 0.3) is 0 Å². The lowest BCUT2D eigenvalue weighted by Crippen LogP contribution is -2.20. The van der Waals surface area contributed by atoms with Gasteiger partial charge in [-0.1, -0.05) is 13.8 Å². The van der Waals surface area contributed by atoms with Gasteiger partial charge in [-0.25, -0.2) is 0 Å². The monoisotopic (exact) mass is 171 g/mol. The van der Waals surface area contributed by atoms with Gasteiger partial charge in [-0.15, -0.1) is 0 Å². The van der Waals surface area contributed by atoms with Gasteiger partial charge in [0.05, 0.1) is 0 Å². The lowest BCUT2D eigenvalue weighted by Gasteiger charge is -2.06. The van der Waals surface area contributed by atoms with Gasteiger partial charge in [0, 0.05) is 25.9 Å². The summed E-state index contributed by atoms with van der Waals surface area (Å²) in [5.74, 6) is 0.162. The van der Waals surface area contributed by atoms with Crippen molar-refractivity contribution in [2.75, 3.05) is 13.6 Å². The predicted molar refractivity (Wildman–Crippen MR) is 47.8 cm³/mol. The quantitative estimate of drug-likeness (QED) is 0.592. The summed E-state index contributed by atoms with van der Waals surface area (Å²) in [6.45, 7) is 6.14. The van der Waals surface area contributed by atoms with E-state index in [2.05, 4.69) is 0 Å². The predicted octanol–water partition coefficient (Wildman–Crippen LogP) is 1.08. The molecule has 1 unspecified atom stereocenters. The van der Waals surface area contributed by atoms with Crippen LogP contribution in [-0.2, 0) is 9.59 Å². The van der Waals surface area contributed by atoms with Crippen LogP contribution in [0, 0.1) is 5.92 Å². The van der Waals surface area contributed by atoms with Crippen molar-refractivity contribution in [2.24, 2.45) is 5.92 Å². The third-order valence-electron chi connectivity index (χ3n) is 1.92. The van der Waals surface area contributed by atoms with Gasteiger partial charge < -0.3 is 4.90 Å². The van der Waals surface area contributed by atoms with E-state index in [0.29, 0.717) is 13.0 Å². The van der Waals surface area contributed by atoms with Crippen molar-refractivity contribution in [1.82, 2.24) is 4.90 Å². The first kappa shape index (κ1) is 11.1. The Hall–Kier alpha value is -0.860. The number of nitrogens with zero attached hydrogens (tertiary/aromatic N) is 1. The molecular formula is C9H17NO2. The zero-order valence-electron chi connectivity index (χ0n) is 8.26. The van der Waals surface area contributed by atoms with Gasteiger partial charge in [-0.3, -0.25) is 9.59 Å². The molecule has 1 saturated heterocycles. The Morgan fingerprint density at radius 2 is 2.00 bits per heavy atom. The number of likely N-dealkylation sites (tertiary alicyclic amines) is 1. The Labute approximate surface area is 73.7 Å². The van der Waals surface area contributed by atoms with Crippen LogP contribution >= 0.6 is 0 Å². The maximum Gasteiger partial charge on any atom is 0.223 e. The second kappa shape index (κ2) is 4.91. The molecule has 70 valence electrons. The maximum absolute atomic E-state index is 10.9. The molecule has 1 fully saturated rings. The largest absolute Gasteiger partial charge is 0.345 e. The van der Waals surface area contributed by atoms with Crippen LogP contribution in [0.5, 0.6) is 0 Å². The van der Waals surface area contributed by atoms with E-state index < -0.39 is 0 Å². The molecule has 0 aromatic rings. The van der Waals surface area contributed by atoms with E-state index >= 15 is 0 Å². The summed E-state index contributed by atoms with van der Waals surface area (Å²) in [7, 11) is 1.73. The lowest BCUT2D eigenvalue weighted by atomic mass is 10.1. The number of hydrogen-bond donors (Lipinski definition) is 0. The maximum atomic E-state index is 10.9. The average Bonchev–Trinajstić information content (AvgIpc) is 2.36. The van der Waals surface area contributed by atoms with Crippen LogP contribution in [0.1, 0.15) is 27.2 Å². The molecule has 0 bridgehead atoms. The Kier molecular flexibility index (Phi) is 4.55. The van der Waals surface area contributed by atoms with Gasteiger partial charge >= 0.3 is 0 Å². The zero-order chi connectivity index (χ0) is 9.72. The highest BCUT2D eigenvalue weighted by Crippen LogP contribution is 2.15. The van der Waals surface area contributed by atoms with Crippen LogP contribution in [-0.4, -0.2) is 30.2 Å². The normalized spacial score (nSPS) is 21.8. The SMILES string of the molecule is CC.CC(=O)C1CC(=O)N(C)C1. The zero-order valence-corrected chi connectivity index (χ0v) is 8.26. The first-order valence-corrected chi connectivity index (χ1v) is 4.35. The molecule has 0 aliphatic carbocycles. The van der Waals surface area contributed by atoms with E-state index in [1.54, 1.807) is 11.9 Å². The van der Waals surface area contributed by atoms with E-state index in [1.165, 1.54) is 6.92 Å². The van der Waals surface area contributed by atoms with Gasteiger partial charge in [0.2, 0.25) is 5.91 Å². The minimum Gasteiger partial charge on any atom is -0.345 e. The molecule has 0 N–H and O–H groups in total. The van der Waals surface area contributed by atoms with Crippen LogP contribution < -0.4 is 0 Å². The number of ketones is 1. The molecule has 3 heteroatoms. The Bertz CT molecular complexity index is 177. The van der Waals surface area contributed by atoms with E-state index in [0.717, 1.165) is 0 Å². The number of hydrogen-bond acceptors (Lipinski definition) is 2. The molecule has 0 spiro atoms. The number of rotatable bonds is 1. The summed E-state index contributed by atoms with van der Waals surface area (Å²) in [4.78, 5) is 23.2. The highest BCUT2D eigenvalue weighted by atomic mass is 16.2. The van der Waals surface area contributed by atoms with Crippen molar-refractivity contribution >= 4 is 11.7 Å². The Morgan fingerprint density at radius 3 is 2.17 bits per heavy atom. The van der Waals surface area contributed by atoms with Crippen molar-refractivity contribution < 1.29 is 9.59 Å². The molecule has 1 aliphatic heterocycles. The fourth-order valence-electron chi connectivity index (χ4n) is 1.14. The molecule has 1 rings (SSSR count). The molecule has 1 aliphatic rings. The van der Waals surface area contributed by atoms with Crippen molar-refractivity contribution in [3.63, 3.8) is 0 Å². The van der Waals surface area contributed by atoms with E-state index in [1.807, 2.05) is 13.8 Å². The lowest BCUT2D eigenvalue weighted by molar-refractivity contribution is -0.127. The van der Waals surface area contributed by atoms with Gasteiger partial charge in [-0.2, -0.15) is 0 Å². The Balaban J connectivity index is 0.000000561. The Morgan fingerprint density at radius 1 is 1.50 bits per heavy atom. The summed E-state index contributed by atoms with van der Waals surface area (Å²) in [5, 5.41) is 0. The molecule has 12 heavy (non-hydrogen) atoms. The van der Waals surface area contributed by atoms with Crippen molar-refractivity contribution in [1.29, 1.82) is 0 Å². The third-order valence-corrected chi connectivity index (χ3v) is 1.92. The van der Waals surface area contributed by atoms with E-state index in [4.69, 9.17) is 0 Å². The molecule has 1 heterocycles. The number of carbonyl (C=O) groups is 2. The molecule has 1 amide bonds. The number of carbonyl (C=O) groups excluding carboxylic acids is 2. The summed E-state index contributed by atoms with van der Waals surface area (Å²) < 4.78 is 0. The minimum atomic E-state index is -0.0440. The first-order chi connectivity index (χ1) is 5.61. The first-order valence-electron chi connectivity index (χ1n) is 4.35. The third kappa shape index (κ3) is 2.64. The van der Waals surface area contributed by atoms with E-state index in [-0.39, 0.29) is 17.6 Å². The van der Waals surface area contributed by atoms with Crippen LogP contribution in [0.3, 0.4) is 0 Å². The van der Waals surface area contributed by atoms with Crippen molar-refractivity contribution in [3.8, 4) is 0 Å². The fraction of sp³-hybridized carbons (Fsp3) is 0.778. The summed E-state index contributed by atoms with van der Waals surface area (Å²) >= 11 is 0. The number of Topliss-reactive ketones (excluding diaryl/α,β-unsaturated/α-hetero) is 1. The van der Waals surface area contributed by atoms with Crippen LogP contribution in [0.4, 0.5) is 0 Å². The van der Waals surface area contributed by atoms with Gasteiger partial charge in [0.1, 0.15) is 5.78 Å². The minimum absolute atomic E-state index is 0.0440. The molecule has 1 atom stereocenters. The van der Waals surface area contributed by atoms with Crippen molar-refractivity contribution in [2.45, 2.75) is 27.2 Å². The topological polar surface area (TPSA) is 37.4 Å². The van der Waals surface area contributed by atoms with E-state index in [9.17, 15) is 9.59 Å². The molecule has 0 aromatic carbocycles. The standard InChI is InChI=1S/C7H11NO2.C2H6/c1-5(9)6-3-7(10)8(2)4-6;1-2/h6H,3-4H2,1-2H3;1-2H3. The molecule has 0 radical (unpaired) electrons. The molecular weight excluding hydrogens is 154 g/mol. The highest BCUT2D eigenvalue weighted by molar-refractivity contribution is 5.88. The van der Waals surface area contributed by atoms with Crippen LogP contribution in [0.15, 0.2) is 0 Å². The van der Waals surface area contributed by atoms with Crippen LogP contribution in [0.2, 0.25) is 0 Å². The second-order valence-corrected chi connectivity index (χ2v) is 2.79. The van der Waals surface area contributed by atoms with Crippen molar-refractivity contribution in [3.05, 3.63) is 0 Å². The van der Waals surface area contributed by atoms with Gasteiger partial charge in [-0.05, 0) is 6.92 Å².